The van der Waals surface area contributed by atoms with E-state index in [-0.39, 0.29) is 23.7 Å². The molecule has 1 aliphatic rings. The van der Waals surface area contributed by atoms with Gasteiger partial charge in [0, 0.05) is 11.4 Å². The van der Waals surface area contributed by atoms with Gasteiger partial charge in [0.2, 0.25) is 5.91 Å². The van der Waals surface area contributed by atoms with Gasteiger partial charge in [-0.25, -0.2) is 4.99 Å². The molecule has 0 fully saturated rings. The van der Waals surface area contributed by atoms with Gasteiger partial charge >= 0.3 is 0 Å². The van der Waals surface area contributed by atoms with Crippen molar-refractivity contribution in [2.75, 3.05) is 5.32 Å². The molecule has 0 radical (unpaired) electrons. The number of hydrogen-bond acceptors (Lipinski definition) is 7. The van der Waals surface area contributed by atoms with Crippen molar-refractivity contribution in [2.24, 2.45) is 10.7 Å². The first-order valence-corrected chi connectivity index (χ1v) is 12.7. The van der Waals surface area contributed by atoms with E-state index in [1.165, 1.54) is 6.26 Å². The number of benzene rings is 3. The predicted octanol–water partition coefficient (Wildman–Crippen LogP) is 5.39. The Kier molecular flexibility index (Phi) is 7.56. The summed E-state index contributed by atoms with van der Waals surface area (Å²) in [5, 5.41) is 5.21. The molecule has 0 aliphatic carbocycles. The quantitative estimate of drug-likeness (QED) is 0.285. The second-order valence-electron chi connectivity index (χ2n) is 8.27. The number of anilines is 1. The van der Waals surface area contributed by atoms with Crippen molar-refractivity contribution in [2.45, 2.75) is 11.8 Å². The van der Waals surface area contributed by atoms with Gasteiger partial charge in [-0.15, -0.1) is 0 Å². The number of nitrogens with two attached hydrogens (primary N) is 1. The Morgan fingerprint density at radius 1 is 0.895 bits per heavy atom. The highest BCUT2D eigenvalue weighted by molar-refractivity contribution is 8.16. The van der Waals surface area contributed by atoms with Crippen LogP contribution < -0.4 is 21.1 Å². The maximum atomic E-state index is 13.2. The van der Waals surface area contributed by atoms with Crippen molar-refractivity contribution < 1.29 is 18.7 Å². The van der Waals surface area contributed by atoms with Gasteiger partial charge in [-0.2, -0.15) is 0 Å². The number of rotatable bonds is 8. The third-order valence-electron chi connectivity index (χ3n) is 5.57. The molecule has 2 amide bonds. The summed E-state index contributed by atoms with van der Waals surface area (Å²) < 4.78 is 11.1. The van der Waals surface area contributed by atoms with E-state index in [0.717, 1.165) is 11.8 Å². The zero-order valence-corrected chi connectivity index (χ0v) is 21.0. The third kappa shape index (κ3) is 5.96. The van der Waals surface area contributed by atoms with Crippen molar-refractivity contribution in [1.82, 2.24) is 5.32 Å². The molecule has 0 saturated carbocycles. The number of thioether (sulfide) groups is 1. The zero-order valence-electron chi connectivity index (χ0n) is 20.2. The highest BCUT2D eigenvalue weighted by Crippen LogP contribution is 2.35. The molecule has 5 rings (SSSR count). The summed E-state index contributed by atoms with van der Waals surface area (Å²) in [6.45, 7) is 0.181. The third-order valence-corrected chi connectivity index (χ3v) is 6.79. The van der Waals surface area contributed by atoms with Gasteiger partial charge in [0.15, 0.2) is 0 Å². The van der Waals surface area contributed by atoms with Crippen LogP contribution in [0.2, 0.25) is 0 Å². The molecule has 0 saturated heterocycles. The molecular weight excluding hydrogens is 500 g/mol. The van der Waals surface area contributed by atoms with Gasteiger partial charge in [0.05, 0.1) is 24.1 Å². The summed E-state index contributed by atoms with van der Waals surface area (Å²) in [6, 6.07) is 29.1. The number of carbonyl (C=O) groups excluding carboxylic acids is 2. The summed E-state index contributed by atoms with van der Waals surface area (Å²) in [6.07, 6.45) is 1.53. The number of aliphatic imine (C=N–C) groups is 1. The summed E-state index contributed by atoms with van der Waals surface area (Å²) in [5.74, 6) is 1.15. The Morgan fingerprint density at radius 2 is 1.58 bits per heavy atom. The Bertz CT molecular complexity index is 1470. The maximum absolute atomic E-state index is 13.2. The first-order chi connectivity index (χ1) is 18.6. The summed E-state index contributed by atoms with van der Waals surface area (Å²) >= 11 is 1.14. The van der Waals surface area contributed by atoms with E-state index in [1.807, 2.05) is 60.7 Å². The Morgan fingerprint density at radius 3 is 2.26 bits per heavy atom. The number of para-hydroxylation sites is 2. The van der Waals surface area contributed by atoms with E-state index in [9.17, 15) is 9.59 Å². The van der Waals surface area contributed by atoms with E-state index in [1.54, 1.807) is 36.4 Å². The molecule has 2 heterocycles. The molecule has 1 aromatic heterocycles. The molecule has 0 bridgehead atoms. The minimum absolute atomic E-state index is 0.142. The second kappa shape index (κ2) is 11.5. The van der Waals surface area contributed by atoms with Crippen molar-refractivity contribution >= 4 is 40.0 Å². The monoisotopic (exact) mass is 524 g/mol. The second-order valence-corrected chi connectivity index (χ2v) is 9.37. The fraction of sp³-hybridized carbons (Fsp3) is 0.0690. The molecule has 4 N–H and O–H groups in total. The van der Waals surface area contributed by atoms with Crippen LogP contribution >= 0.6 is 11.8 Å². The number of ether oxygens (including phenoxy) is 1. The van der Waals surface area contributed by atoms with E-state index >= 15 is 0 Å². The van der Waals surface area contributed by atoms with Crippen LogP contribution in [-0.4, -0.2) is 22.1 Å². The van der Waals surface area contributed by atoms with E-state index < -0.39 is 11.2 Å². The lowest BCUT2D eigenvalue weighted by Gasteiger charge is -2.12. The minimum atomic E-state index is -0.831. The maximum Gasteiger partial charge on any atom is 0.256 e. The first-order valence-electron chi connectivity index (χ1n) is 11.8. The van der Waals surface area contributed by atoms with Crippen molar-refractivity contribution in [3.05, 3.63) is 120 Å². The number of nitrogens with one attached hydrogen (secondary N) is 2. The Balaban J connectivity index is 1.33. The van der Waals surface area contributed by atoms with Crippen molar-refractivity contribution in [3.8, 4) is 11.5 Å². The van der Waals surface area contributed by atoms with Gasteiger partial charge < -0.3 is 25.5 Å². The topological polar surface area (TPSA) is 119 Å². The average Bonchev–Trinajstić information content (AvgIpc) is 3.57. The molecule has 1 aliphatic heterocycles. The number of furan rings is 1. The fourth-order valence-electron chi connectivity index (χ4n) is 3.72. The lowest BCUT2D eigenvalue weighted by Crippen LogP contribution is -2.31. The molecule has 1 atom stereocenters. The summed E-state index contributed by atoms with van der Waals surface area (Å²) in [7, 11) is 0. The number of nitrogens with zero attached hydrogens (tertiary/aromatic N) is 1. The normalized spacial score (nSPS) is 15.9. The van der Waals surface area contributed by atoms with E-state index in [2.05, 4.69) is 15.6 Å². The van der Waals surface area contributed by atoms with Crippen LogP contribution in [-0.2, 0) is 16.1 Å². The van der Waals surface area contributed by atoms with Crippen LogP contribution in [0.25, 0.3) is 0 Å². The molecule has 1 unspecified atom stereocenters. The summed E-state index contributed by atoms with van der Waals surface area (Å²) in [4.78, 5) is 31.0. The molecule has 38 heavy (non-hydrogen) atoms. The minimum Gasteiger partial charge on any atom is -0.467 e. The molecular formula is C29H24N4O4S. The van der Waals surface area contributed by atoms with Gasteiger partial charge in [-0.3, -0.25) is 9.59 Å². The zero-order chi connectivity index (χ0) is 26.3. The van der Waals surface area contributed by atoms with Gasteiger partial charge in [-0.05, 0) is 60.7 Å². The highest BCUT2D eigenvalue weighted by atomic mass is 32.2. The van der Waals surface area contributed by atoms with Crippen LogP contribution in [0.4, 0.5) is 11.4 Å². The lowest BCUT2D eigenvalue weighted by molar-refractivity contribution is -0.117. The molecule has 4 aromatic rings. The van der Waals surface area contributed by atoms with E-state index in [0.29, 0.717) is 33.7 Å². The standard InChI is InChI=1S/C29H24N4O4S/c30-25-24(27(34)31-18-23-12-7-17-36-23)29(33-19-8-3-1-4-9-19)38-26(25)28(35)32-20-13-15-22(16-14-20)37-21-10-5-2-6-11-21/h1-17,26H,18,30H2,(H,31,34)(H,32,35). The number of amides is 2. The fourth-order valence-corrected chi connectivity index (χ4v) is 4.84. The number of carbonyl (C=O) groups is 2. The molecule has 9 heteroatoms. The van der Waals surface area contributed by atoms with Crippen LogP contribution in [0, 0.1) is 0 Å². The van der Waals surface area contributed by atoms with E-state index in [4.69, 9.17) is 14.9 Å². The van der Waals surface area contributed by atoms with Gasteiger partial charge in [0.1, 0.15) is 27.6 Å². The highest BCUT2D eigenvalue weighted by Gasteiger charge is 2.38. The van der Waals surface area contributed by atoms with Crippen LogP contribution in [0.5, 0.6) is 11.5 Å². The van der Waals surface area contributed by atoms with Crippen molar-refractivity contribution in [3.63, 3.8) is 0 Å². The van der Waals surface area contributed by atoms with Crippen LogP contribution in [0.1, 0.15) is 5.76 Å². The van der Waals surface area contributed by atoms with Crippen LogP contribution in [0.3, 0.4) is 0 Å². The van der Waals surface area contributed by atoms with Crippen LogP contribution in [0.15, 0.2) is 124 Å². The SMILES string of the molecule is NC1=C(C(=O)NCc2ccco2)C(=Nc2ccccc2)SC1C(=O)Nc1ccc(Oc2ccccc2)cc1. The van der Waals surface area contributed by atoms with Gasteiger partial charge in [0.25, 0.3) is 5.91 Å². The van der Waals surface area contributed by atoms with Gasteiger partial charge in [-0.1, -0.05) is 48.2 Å². The largest absolute Gasteiger partial charge is 0.467 e. The molecule has 8 nitrogen and oxygen atoms in total. The molecule has 190 valence electrons. The van der Waals surface area contributed by atoms with Crippen molar-refractivity contribution in [1.29, 1.82) is 0 Å². The predicted molar refractivity (Wildman–Crippen MR) is 148 cm³/mol. The summed E-state index contributed by atoms with van der Waals surface area (Å²) in [5.41, 5.74) is 7.93. The average molecular weight is 525 g/mol. The first kappa shape index (κ1) is 24.9. The molecule has 0 spiro atoms. The number of hydrogen-bond donors (Lipinski definition) is 3. The molecule has 3 aromatic carbocycles. The lowest BCUT2D eigenvalue weighted by atomic mass is 10.1. The Hall–Kier alpha value is -4.76. The Labute approximate surface area is 223 Å². The smallest absolute Gasteiger partial charge is 0.256 e.